The smallest absolute Gasteiger partial charge is 0.462 e. The number of esters is 4. The number of hydrogen-bond donors (Lipinski definition) is 3. The molecule has 0 heterocycles. The van der Waals surface area contributed by atoms with Gasteiger partial charge in [0.05, 0.1) is 26.4 Å². The van der Waals surface area contributed by atoms with E-state index in [4.69, 9.17) is 37.0 Å². The van der Waals surface area contributed by atoms with Gasteiger partial charge in [0.15, 0.2) is 12.2 Å². The van der Waals surface area contributed by atoms with Crippen molar-refractivity contribution >= 4 is 39.5 Å². The average molecular weight is 1210 g/mol. The van der Waals surface area contributed by atoms with Gasteiger partial charge in [0.25, 0.3) is 0 Å². The quantitative estimate of drug-likeness (QED) is 0.0222. The van der Waals surface area contributed by atoms with Gasteiger partial charge in [-0.05, 0) is 37.5 Å². The topological polar surface area (TPSA) is 237 Å². The van der Waals surface area contributed by atoms with E-state index < -0.39 is 97.5 Å². The molecular weight excluding hydrogens is 1090 g/mol. The summed E-state index contributed by atoms with van der Waals surface area (Å²) >= 11 is 0. The van der Waals surface area contributed by atoms with Crippen LogP contribution in [0.3, 0.4) is 0 Å². The zero-order valence-corrected chi connectivity index (χ0v) is 54.6. The molecule has 0 saturated heterocycles. The summed E-state index contributed by atoms with van der Waals surface area (Å²) in [5.41, 5.74) is 0. The first-order chi connectivity index (χ1) is 39.4. The van der Waals surface area contributed by atoms with Gasteiger partial charge in [0.1, 0.15) is 19.3 Å². The van der Waals surface area contributed by atoms with E-state index in [-0.39, 0.29) is 25.7 Å². The van der Waals surface area contributed by atoms with Gasteiger partial charge in [-0.2, -0.15) is 0 Å². The van der Waals surface area contributed by atoms with Crippen LogP contribution >= 0.6 is 15.6 Å². The molecule has 0 rings (SSSR count). The summed E-state index contributed by atoms with van der Waals surface area (Å²) < 4.78 is 67.9. The summed E-state index contributed by atoms with van der Waals surface area (Å²) in [6.07, 6.45) is 37.7. The number of phosphoric acid groups is 2. The van der Waals surface area contributed by atoms with Gasteiger partial charge in [-0.3, -0.25) is 37.3 Å². The maximum absolute atomic E-state index is 13.0. The highest BCUT2D eigenvalue weighted by molar-refractivity contribution is 7.47. The van der Waals surface area contributed by atoms with Crippen molar-refractivity contribution in [3.05, 3.63) is 0 Å². The molecule has 17 nitrogen and oxygen atoms in total. The van der Waals surface area contributed by atoms with E-state index in [0.717, 1.165) is 95.8 Å². The molecule has 2 unspecified atom stereocenters. The molecule has 0 aromatic heterocycles. The minimum absolute atomic E-state index is 0.102. The lowest BCUT2D eigenvalue weighted by molar-refractivity contribution is -0.161. The number of carbonyl (C=O) groups excluding carboxylic acids is 4. The summed E-state index contributed by atoms with van der Waals surface area (Å²) in [5.74, 6) is -0.734. The Bertz CT molecular complexity index is 1620. The molecule has 0 spiro atoms. The van der Waals surface area contributed by atoms with E-state index >= 15 is 0 Å². The van der Waals surface area contributed by atoms with Gasteiger partial charge < -0.3 is 33.8 Å². The highest BCUT2D eigenvalue weighted by Gasteiger charge is 2.30. The van der Waals surface area contributed by atoms with Crippen LogP contribution < -0.4 is 0 Å². The first-order valence-corrected chi connectivity index (χ1v) is 36.0. The molecule has 0 aromatic rings. The third-order valence-corrected chi connectivity index (χ3v) is 16.4. The first-order valence-electron chi connectivity index (χ1n) is 33.0. The van der Waals surface area contributed by atoms with Gasteiger partial charge in [-0.1, -0.05) is 260 Å². The minimum atomic E-state index is -4.94. The zero-order chi connectivity index (χ0) is 60.8. The maximum Gasteiger partial charge on any atom is 0.472 e. The number of unbranched alkanes of at least 4 members (excludes halogenated alkanes) is 32. The Hall–Kier alpha value is -1.94. The fraction of sp³-hybridized carbons (Fsp3) is 0.937. The number of aliphatic hydroxyl groups excluding tert-OH is 1. The van der Waals surface area contributed by atoms with Gasteiger partial charge in [0, 0.05) is 25.7 Å². The number of hydrogen-bond acceptors (Lipinski definition) is 15. The van der Waals surface area contributed by atoms with Crippen molar-refractivity contribution in [3.8, 4) is 0 Å². The van der Waals surface area contributed by atoms with E-state index in [2.05, 4.69) is 41.5 Å². The second kappa shape index (κ2) is 55.6. The van der Waals surface area contributed by atoms with Crippen molar-refractivity contribution < 1.29 is 80.2 Å². The van der Waals surface area contributed by atoms with Crippen molar-refractivity contribution in [2.75, 3.05) is 39.6 Å². The summed E-state index contributed by atoms with van der Waals surface area (Å²) in [5, 5.41) is 10.5. The molecule has 0 bridgehead atoms. The van der Waals surface area contributed by atoms with E-state index in [0.29, 0.717) is 31.6 Å². The van der Waals surface area contributed by atoms with Crippen LogP contribution in [0.25, 0.3) is 0 Å². The normalized spacial score (nSPS) is 14.3. The first kappa shape index (κ1) is 80.1. The largest absolute Gasteiger partial charge is 0.472 e. The molecule has 5 atom stereocenters. The van der Waals surface area contributed by atoms with Gasteiger partial charge >= 0.3 is 39.5 Å². The molecule has 0 saturated carbocycles. The number of carbonyl (C=O) groups is 4. The standard InChI is InChI=1S/C63H122O17P2/c1-7-9-11-13-15-17-18-19-23-27-34-40-46-61(66)74-51-58(79-62(67)47-41-35-28-24-20-22-25-31-37-43-55(3)4)53-77-81(69,70)75-49-57(64)50-76-82(71,72)78-54-59(80-63(68)48-42-36-30-29-32-38-44-56(5)6)52-73-60(65)45-39-33-26-21-16-14-12-10-8-2/h55-59,64H,7-54H2,1-6H3,(H,69,70)(H,71,72)/t57-,58-,59-/m1/s1. The highest BCUT2D eigenvalue weighted by atomic mass is 31.2. The number of aliphatic hydroxyl groups is 1. The molecule has 0 radical (unpaired) electrons. The molecule has 0 aliphatic carbocycles. The molecule has 0 fully saturated rings. The monoisotopic (exact) mass is 1210 g/mol. The molecular formula is C63H122O17P2. The van der Waals surface area contributed by atoms with Gasteiger partial charge in [-0.15, -0.1) is 0 Å². The van der Waals surface area contributed by atoms with Crippen LogP contribution in [0.4, 0.5) is 0 Å². The molecule has 0 aromatic carbocycles. The van der Waals surface area contributed by atoms with Crippen molar-refractivity contribution in [1.29, 1.82) is 0 Å². The second-order valence-electron chi connectivity index (χ2n) is 23.7. The Kier molecular flexibility index (Phi) is 54.3. The Labute approximate surface area is 498 Å². The Morgan fingerprint density at radius 1 is 0.329 bits per heavy atom. The minimum Gasteiger partial charge on any atom is -0.462 e. The zero-order valence-electron chi connectivity index (χ0n) is 52.8. The molecule has 0 aliphatic heterocycles. The van der Waals surface area contributed by atoms with E-state index in [9.17, 15) is 43.2 Å². The highest BCUT2D eigenvalue weighted by Crippen LogP contribution is 2.45. The van der Waals surface area contributed by atoms with Crippen LogP contribution in [0.2, 0.25) is 0 Å². The number of rotatable bonds is 62. The van der Waals surface area contributed by atoms with E-state index in [1.54, 1.807) is 0 Å². The average Bonchev–Trinajstić information content (AvgIpc) is 3.43. The van der Waals surface area contributed by atoms with Crippen LogP contribution in [-0.4, -0.2) is 96.7 Å². The maximum atomic E-state index is 13.0. The predicted octanol–water partition coefficient (Wildman–Crippen LogP) is 17.3. The number of ether oxygens (including phenoxy) is 4. The van der Waals surface area contributed by atoms with Crippen molar-refractivity contribution in [3.63, 3.8) is 0 Å². The van der Waals surface area contributed by atoms with Crippen LogP contribution in [0.5, 0.6) is 0 Å². The Morgan fingerprint density at radius 2 is 0.561 bits per heavy atom. The lowest BCUT2D eigenvalue weighted by Crippen LogP contribution is -2.30. The van der Waals surface area contributed by atoms with Crippen molar-refractivity contribution in [2.45, 2.75) is 330 Å². The third-order valence-electron chi connectivity index (χ3n) is 14.5. The van der Waals surface area contributed by atoms with E-state index in [1.807, 2.05) is 0 Å². The fourth-order valence-corrected chi connectivity index (χ4v) is 10.9. The van der Waals surface area contributed by atoms with Crippen LogP contribution in [0.15, 0.2) is 0 Å². The van der Waals surface area contributed by atoms with Crippen molar-refractivity contribution in [1.82, 2.24) is 0 Å². The molecule has 82 heavy (non-hydrogen) atoms. The molecule has 0 amide bonds. The summed E-state index contributed by atoms with van der Waals surface area (Å²) in [7, 11) is -9.88. The molecule has 0 aliphatic rings. The van der Waals surface area contributed by atoms with Gasteiger partial charge in [-0.25, -0.2) is 9.13 Å². The van der Waals surface area contributed by atoms with Crippen LogP contribution in [0, 0.1) is 11.8 Å². The Morgan fingerprint density at radius 3 is 0.829 bits per heavy atom. The lowest BCUT2D eigenvalue weighted by atomic mass is 10.0. The predicted molar refractivity (Wildman–Crippen MR) is 326 cm³/mol. The summed E-state index contributed by atoms with van der Waals surface area (Å²) in [6.45, 7) is 9.36. The van der Waals surface area contributed by atoms with Gasteiger partial charge in [0.2, 0.25) is 0 Å². The second-order valence-corrected chi connectivity index (χ2v) is 26.7. The molecule has 3 N–H and O–H groups in total. The molecule has 486 valence electrons. The fourth-order valence-electron chi connectivity index (χ4n) is 9.35. The SMILES string of the molecule is CCCCCCCCCCCCCCC(=O)OC[C@H](COP(=O)(O)OC[C@@H](O)COP(=O)(O)OC[C@@H](COC(=O)CCCCCCCCCCC)OC(=O)CCCCCCCCC(C)C)OC(=O)CCCCCCCCCCCC(C)C. The van der Waals surface area contributed by atoms with Crippen LogP contribution in [-0.2, 0) is 65.4 Å². The summed E-state index contributed by atoms with van der Waals surface area (Å²) in [6, 6.07) is 0. The van der Waals surface area contributed by atoms with Crippen LogP contribution in [0.1, 0.15) is 311 Å². The lowest BCUT2D eigenvalue weighted by Gasteiger charge is -2.21. The summed E-state index contributed by atoms with van der Waals surface area (Å²) in [4.78, 5) is 72.1. The molecule has 19 heteroatoms. The number of phosphoric ester groups is 2. The third kappa shape index (κ3) is 57.2. The van der Waals surface area contributed by atoms with Crippen molar-refractivity contribution in [2.24, 2.45) is 11.8 Å². The van der Waals surface area contributed by atoms with E-state index in [1.165, 1.54) is 128 Å². The Balaban J connectivity index is 5.23.